The number of nitrogens with zero attached hydrogens (tertiary/aromatic N) is 6. The minimum atomic E-state index is -0.636. The number of nitrogens with one attached hydrogen (secondary N) is 2. The van der Waals surface area contributed by atoms with Crippen LogP contribution in [0.15, 0.2) is 24.8 Å². The third kappa shape index (κ3) is 4.17. The minimum Gasteiger partial charge on any atom is -0.474 e. The van der Waals surface area contributed by atoms with Gasteiger partial charge in [0.15, 0.2) is 5.82 Å². The molecular weight excluding hydrogens is 497 g/mol. The van der Waals surface area contributed by atoms with E-state index in [0.717, 1.165) is 37.2 Å². The van der Waals surface area contributed by atoms with Gasteiger partial charge in [-0.2, -0.15) is 5.10 Å². The van der Waals surface area contributed by atoms with Crippen LogP contribution in [0.2, 0.25) is 5.02 Å². The zero-order valence-electron chi connectivity index (χ0n) is 20.6. The maximum Gasteiger partial charge on any atom is 0.237 e. The van der Waals surface area contributed by atoms with Gasteiger partial charge in [0.05, 0.1) is 34.2 Å². The van der Waals surface area contributed by atoms with E-state index in [4.69, 9.17) is 22.1 Å². The Labute approximate surface area is 218 Å². The number of hydrogen-bond donors (Lipinski definition) is 3. The van der Waals surface area contributed by atoms with Crippen LogP contribution in [0.4, 0.5) is 27.4 Å². The lowest BCUT2D eigenvalue weighted by Crippen LogP contribution is -2.31. The molecule has 37 heavy (non-hydrogen) atoms. The summed E-state index contributed by atoms with van der Waals surface area (Å²) < 4.78 is 23.2. The predicted molar refractivity (Wildman–Crippen MR) is 142 cm³/mol. The van der Waals surface area contributed by atoms with Crippen LogP contribution in [0.25, 0.3) is 22.0 Å². The Morgan fingerprint density at radius 3 is 2.84 bits per heavy atom. The zero-order chi connectivity index (χ0) is 25.7. The lowest BCUT2D eigenvalue weighted by molar-refractivity contribution is 0.212. The average molecular weight is 524 g/mol. The van der Waals surface area contributed by atoms with Crippen molar-refractivity contribution < 1.29 is 9.13 Å². The van der Waals surface area contributed by atoms with Gasteiger partial charge in [0.1, 0.15) is 12.3 Å². The van der Waals surface area contributed by atoms with Gasteiger partial charge < -0.3 is 26.0 Å². The number of ether oxygens (including phenoxy) is 1. The fourth-order valence-corrected chi connectivity index (χ4v) is 5.30. The number of aromatic nitrogens is 5. The molecule has 0 atom stereocenters. The number of rotatable bonds is 4. The molecule has 0 unspecified atom stereocenters. The molecular formula is C25H27ClFN9O. The largest absolute Gasteiger partial charge is 0.474 e. The van der Waals surface area contributed by atoms with Crippen molar-refractivity contribution in [2.24, 2.45) is 0 Å². The summed E-state index contributed by atoms with van der Waals surface area (Å²) >= 11 is 6.79. The molecule has 1 saturated heterocycles. The molecule has 6 rings (SSSR count). The molecule has 0 radical (unpaired) electrons. The van der Waals surface area contributed by atoms with Crippen LogP contribution in [0, 0.1) is 12.7 Å². The molecule has 4 N–H and O–H groups in total. The molecule has 0 spiro atoms. The Kier molecular flexibility index (Phi) is 5.96. The third-order valence-electron chi connectivity index (χ3n) is 7.10. The molecule has 0 saturated carbocycles. The van der Waals surface area contributed by atoms with Gasteiger partial charge in [-0.1, -0.05) is 11.6 Å². The molecule has 0 aliphatic carbocycles. The van der Waals surface area contributed by atoms with Crippen molar-refractivity contribution in [2.45, 2.75) is 25.8 Å². The summed E-state index contributed by atoms with van der Waals surface area (Å²) in [5.74, 6) is 0.153. The number of halogens is 2. The van der Waals surface area contributed by atoms with E-state index in [0.29, 0.717) is 53.2 Å². The van der Waals surface area contributed by atoms with Gasteiger partial charge in [-0.25, -0.2) is 19.3 Å². The van der Waals surface area contributed by atoms with Crippen molar-refractivity contribution in [3.63, 3.8) is 0 Å². The number of nitrogen functional groups attached to an aromatic ring is 1. The summed E-state index contributed by atoms with van der Waals surface area (Å²) in [5.41, 5.74) is 9.36. The van der Waals surface area contributed by atoms with Gasteiger partial charge in [-0.15, -0.1) is 0 Å². The second-order valence-electron chi connectivity index (χ2n) is 9.49. The first-order valence-corrected chi connectivity index (χ1v) is 12.6. The van der Waals surface area contributed by atoms with E-state index in [2.05, 4.69) is 42.6 Å². The molecule has 10 nitrogen and oxygen atoms in total. The lowest BCUT2D eigenvalue weighted by atomic mass is 9.98. The minimum absolute atomic E-state index is 0.0719. The van der Waals surface area contributed by atoms with Gasteiger partial charge >= 0.3 is 0 Å². The highest BCUT2D eigenvalue weighted by Gasteiger charge is 2.25. The molecule has 0 bridgehead atoms. The summed E-state index contributed by atoms with van der Waals surface area (Å²) in [6.07, 6.45) is 8.82. The van der Waals surface area contributed by atoms with Crippen LogP contribution >= 0.6 is 11.6 Å². The number of anilines is 4. The monoisotopic (exact) mass is 523 g/mol. The van der Waals surface area contributed by atoms with Gasteiger partial charge in [0, 0.05) is 41.6 Å². The number of piperidine rings is 1. The highest BCUT2D eigenvalue weighted by molar-refractivity contribution is 6.38. The third-order valence-corrected chi connectivity index (χ3v) is 7.47. The Morgan fingerprint density at radius 2 is 2.03 bits per heavy atom. The molecule has 1 fully saturated rings. The summed E-state index contributed by atoms with van der Waals surface area (Å²) in [5, 5.41) is 11.5. The number of pyridine rings is 1. The van der Waals surface area contributed by atoms with Crippen molar-refractivity contribution in [3.05, 3.63) is 41.2 Å². The second kappa shape index (κ2) is 9.31. The molecule has 5 heterocycles. The average Bonchev–Trinajstić information content (AvgIpc) is 3.37. The smallest absolute Gasteiger partial charge is 0.237 e. The molecule has 0 amide bonds. The summed E-state index contributed by atoms with van der Waals surface area (Å²) in [7, 11) is 2.13. The summed E-state index contributed by atoms with van der Waals surface area (Å²) in [4.78, 5) is 15.6. The Bertz CT molecular complexity index is 1500. The topological polar surface area (TPSA) is 119 Å². The van der Waals surface area contributed by atoms with E-state index in [1.165, 1.54) is 6.20 Å². The number of fused-ring (bicyclic) bond motifs is 2. The Morgan fingerprint density at radius 1 is 1.22 bits per heavy atom. The van der Waals surface area contributed by atoms with E-state index >= 15 is 4.39 Å². The van der Waals surface area contributed by atoms with E-state index in [9.17, 15) is 0 Å². The highest BCUT2D eigenvalue weighted by atomic mass is 35.5. The Hall–Kier alpha value is -3.70. The van der Waals surface area contributed by atoms with Crippen LogP contribution < -0.4 is 21.1 Å². The van der Waals surface area contributed by atoms with Gasteiger partial charge in [0.25, 0.3) is 0 Å². The SMILES string of the molecule is Cc1c(-c2c(F)c(N)c3cnc(Nc4cnn(C5CCN(C)CC5)c4)nc3c2Cl)cnc2c1NCCO2. The second-order valence-corrected chi connectivity index (χ2v) is 9.87. The standard InChI is InChI=1S/C25H27ClFN9O/c1-13-16(10-30-24-22(13)29-5-8-37-24)18-19(26)23-17(21(28)20(18)27)11-31-25(34-23)33-14-9-32-36(12-14)15-3-6-35(2)7-4-15/h9-12,15,29H,3-8,28H2,1-2H3,(H,31,33,34). The van der Waals surface area contributed by atoms with Crippen molar-refractivity contribution >= 4 is 45.5 Å². The van der Waals surface area contributed by atoms with Crippen LogP contribution in [-0.4, -0.2) is 62.9 Å². The van der Waals surface area contributed by atoms with Crippen LogP contribution in [0.5, 0.6) is 5.88 Å². The van der Waals surface area contributed by atoms with Crippen molar-refractivity contribution in [3.8, 4) is 17.0 Å². The van der Waals surface area contributed by atoms with Gasteiger partial charge in [-0.3, -0.25) is 4.68 Å². The molecule has 192 valence electrons. The molecule has 12 heteroatoms. The van der Waals surface area contributed by atoms with E-state index in [1.807, 2.05) is 17.8 Å². The summed E-state index contributed by atoms with van der Waals surface area (Å²) in [6.45, 7) is 5.10. The number of nitrogens with two attached hydrogens (primary N) is 1. The first-order valence-electron chi connectivity index (χ1n) is 12.2. The lowest BCUT2D eigenvalue weighted by Gasteiger charge is -2.28. The van der Waals surface area contributed by atoms with Gasteiger partial charge in [-0.05, 0) is 45.5 Å². The summed E-state index contributed by atoms with van der Waals surface area (Å²) in [6, 6.07) is 0.359. The van der Waals surface area contributed by atoms with Crippen molar-refractivity contribution in [1.29, 1.82) is 0 Å². The quantitative estimate of drug-likeness (QED) is 0.334. The zero-order valence-corrected chi connectivity index (χ0v) is 21.3. The van der Waals surface area contributed by atoms with Crippen molar-refractivity contribution in [2.75, 3.05) is 49.7 Å². The first kappa shape index (κ1) is 23.7. The number of hydrogen-bond acceptors (Lipinski definition) is 9. The molecule has 2 aliphatic rings. The number of benzene rings is 1. The van der Waals surface area contributed by atoms with E-state index in [1.54, 1.807) is 12.4 Å². The van der Waals surface area contributed by atoms with E-state index < -0.39 is 5.82 Å². The van der Waals surface area contributed by atoms with Crippen LogP contribution in [0.1, 0.15) is 24.4 Å². The maximum atomic E-state index is 15.6. The predicted octanol–water partition coefficient (Wildman–Crippen LogP) is 4.39. The van der Waals surface area contributed by atoms with Crippen LogP contribution in [-0.2, 0) is 0 Å². The molecule has 4 aromatic rings. The fraction of sp³-hybridized carbons (Fsp3) is 0.360. The van der Waals surface area contributed by atoms with Crippen molar-refractivity contribution in [1.82, 2.24) is 29.6 Å². The highest BCUT2D eigenvalue weighted by Crippen LogP contribution is 2.44. The van der Waals surface area contributed by atoms with E-state index in [-0.39, 0.29) is 16.3 Å². The fourth-order valence-electron chi connectivity index (χ4n) is 4.97. The Balaban J connectivity index is 1.36. The number of likely N-dealkylation sites (tertiary alicyclic amines) is 1. The van der Waals surface area contributed by atoms with Gasteiger partial charge in [0.2, 0.25) is 11.8 Å². The molecule has 2 aliphatic heterocycles. The first-order chi connectivity index (χ1) is 17.9. The maximum absolute atomic E-state index is 15.6. The molecule has 1 aromatic carbocycles. The molecule has 3 aromatic heterocycles. The normalized spacial score (nSPS) is 16.3. The van der Waals surface area contributed by atoms with Crippen LogP contribution in [0.3, 0.4) is 0 Å².